The smallest absolute Gasteiger partial charge is 0.410 e. The van der Waals surface area contributed by atoms with E-state index in [0.29, 0.717) is 79.5 Å². The number of halogens is 2. The van der Waals surface area contributed by atoms with Gasteiger partial charge in [0, 0.05) is 62.1 Å². The van der Waals surface area contributed by atoms with Crippen molar-refractivity contribution in [3.05, 3.63) is 28.9 Å². The molecule has 4 fully saturated rings. The van der Waals surface area contributed by atoms with Gasteiger partial charge in [-0.1, -0.05) is 11.6 Å². The molecule has 4 atom stereocenters. The van der Waals surface area contributed by atoms with Gasteiger partial charge in [-0.15, -0.1) is 10.2 Å². The number of nitrogens with zero attached hydrogens (tertiary/aromatic N) is 9. The molecular weight excluding hydrogens is 781 g/mol. The van der Waals surface area contributed by atoms with E-state index >= 15 is 0 Å². The fraction of sp³-hybridized carbons (Fsp3) is 0.643. The van der Waals surface area contributed by atoms with Gasteiger partial charge in [-0.25, -0.2) is 13.9 Å². The van der Waals surface area contributed by atoms with E-state index in [1.165, 1.54) is 0 Å². The van der Waals surface area contributed by atoms with Crippen LogP contribution in [0.25, 0.3) is 33.2 Å². The molecule has 4 aromatic rings. The Kier molecular flexibility index (Phi) is 11.9. The molecule has 0 aliphatic carbocycles. The number of rotatable bonds is 12. The van der Waals surface area contributed by atoms with Gasteiger partial charge in [-0.2, -0.15) is 15.1 Å². The highest BCUT2D eigenvalue weighted by atomic mass is 35.5. The molecule has 4 aliphatic rings. The Morgan fingerprint density at radius 1 is 1.08 bits per heavy atom. The minimum Gasteiger partial charge on any atom is -0.481 e. The molecule has 59 heavy (non-hydrogen) atoms. The number of hydrogen-bond acceptors (Lipinski definition) is 12. The van der Waals surface area contributed by atoms with Gasteiger partial charge in [0.2, 0.25) is 0 Å². The maximum absolute atomic E-state index is 14.8. The highest BCUT2D eigenvalue weighted by Crippen LogP contribution is 2.42. The summed E-state index contributed by atoms with van der Waals surface area (Å²) in [5.74, 6) is -0.307. The van der Waals surface area contributed by atoms with E-state index in [0.717, 1.165) is 73.5 Å². The molecule has 0 saturated carbocycles. The van der Waals surface area contributed by atoms with Gasteiger partial charge in [0.15, 0.2) is 17.6 Å². The molecule has 0 bridgehead atoms. The minimum atomic E-state index is -0.904. The third-order valence-corrected chi connectivity index (χ3v) is 12.6. The molecule has 7 heterocycles. The first kappa shape index (κ1) is 41.3. The summed E-state index contributed by atoms with van der Waals surface area (Å²) in [6.45, 7) is 8.84. The van der Waals surface area contributed by atoms with Crippen molar-refractivity contribution in [1.82, 2.24) is 39.7 Å². The Morgan fingerprint density at radius 3 is 2.71 bits per heavy atom. The van der Waals surface area contributed by atoms with E-state index in [-0.39, 0.29) is 31.3 Å². The fourth-order valence-electron chi connectivity index (χ4n) is 9.36. The number of anilines is 1. The molecule has 17 heteroatoms. The molecule has 318 valence electrons. The molecule has 0 radical (unpaired) electrons. The van der Waals surface area contributed by atoms with Gasteiger partial charge >= 0.3 is 18.1 Å². The number of carbonyl (C=O) groups is 2. The van der Waals surface area contributed by atoms with Crippen LogP contribution in [0.1, 0.15) is 103 Å². The molecule has 15 nitrogen and oxygen atoms in total. The van der Waals surface area contributed by atoms with Gasteiger partial charge in [0.1, 0.15) is 23.9 Å². The molecule has 1 amide bonds. The first-order valence-electron chi connectivity index (χ1n) is 21.1. The number of benzene rings is 1. The van der Waals surface area contributed by atoms with Crippen molar-refractivity contribution in [1.29, 1.82) is 0 Å². The van der Waals surface area contributed by atoms with Gasteiger partial charge in [-0.3, -0.25) is 9.69 Å². The van der Waals surface area contributed by atoms with Crippen LogP contribution in [-0.2, 0) is 20.7 Å². The van der Waals surface area contributed by atoms with Crippen molar-refractivity contribution >= 4 is 51.4 Å². The van der Waals surface area contributed by atoms with E-state index in [9.17, 15) is 19.1 Å². The van der Waals surface area contributed by atoms with Gasteiger partial charge in [0.25, 0.3) is 0 Å². The van der Waals surface area contributed by atoms with Gasteiger partial charge in [0.05, 0.1) is 29.0 Å². The number of carboxylic acid groups (broad SMARTS) is 1. The van der Waals surface area contributed by atoms with Crippen molar-refractivity contribution in [3.63, 3.8) is 0 Å². The zero-order valence-electron chi connectivity index (χ0n) is 34.5. The van der Waals surface area contributed by atoms with E-state index in [2.05, 4.69) is 9.80 Å². The summed E-state index contributed by atoms with van der Waals surface area (Å²) >= 11 is 7.13. The average molecular weight is 836 g/mol. The largest absolute Gasteiger partial charge is 0.481 e. The highest BCUT2D eigenvalue weighted by molar-refractivity contribution is 6.33. The van der Waals surface area contributed by atoms with E-state index < -0.39 is 29.4 Å². The van der Waals surface area contributed by atoms with Crippen molar-refractivity contribution in [2.24, 2.45) is 0 Å². The van der Waals surface area contributed by atoms with Crippen LogP contribution in [0.3, 0.4) is 0 Å². The van der Waals surface area contributed by atoms with Crippen LogP contribution >= 0.6 is 11.6 Å². The Bertz CT molecular complexity index is 2200. The molecule has 1 N–H and O–H groups in total. The number of piperidine rings is 1. The van der Waals surface area contributed by atoms with Crippen LogP contribution in [0.4, 0.5) is 15.0 Å². The number of hydrogen-bond donors (Lipinski definition) is 1. The second-order valence-electron chi connectivity index (χ2n) is 17.6. The number of carboxylic acids is 1. The standard InChI is InChI=1S/C42H55ClFN9O6/c1-41(2,3)59-40(56)50(4)27-11-9-16-51(24-27)38-37-32(46-39(47-38)58-25-42-15-10-17-52(42)23-26(44)21-42)20-31(48-49-37)36-28(12-5-6-14-35(54)55)30(43)19-33-29(36)22-45-53(33)34-13-7-8-18-57-34/h19-20,22,26-27,34H,5-18,21,23-25H2,1-4H3,(H,54,55)/t26-,27-,34?,42+/m1/s1. The Labute approximate surface area is 348 Å². The van der Waals surface area contributed by atoms with Crippen LogP contribution in [-0.4, -0.2) is 127 Å². The summed E-state index contributed by atoms with van der Waals surface area (Å²) in [6, 6.07) is 3.79. The van der Waals surface area contributed by atoms with E-state index in [1.807, 2.05) is 43.8 Å². The summed E-state index contributed by atoms with van der Waals surface area (Å²) in [5, 5.41) is 25.1. The number of amides is 1. The third-order valence-electron chi connectivity index (χ3n) is 12.3. The SMILES string of the molecule is CN(C(=O)OC(C)(C)C)[C@@H]1CCCN(c2nc(OC[C@@]34CCCN3C[C@H](F)C4)nc3cc(-c4c(CCCCC(=O)O)c(Cl)cc5c4cnn5C4CCCCO4)nnc23)C1. The van der Waals surface area contributed by atoms with Crippen molar-refractivity contribution in [2.45, 2.75) is 127 Å². The van der Waals surface area contributed by atoms with Crippen molar-refractivity contribution < 1.29 is 33.3 Å². The van der Waals surface area contributed by atoms with Crippen LogP contribution in [0, 0.1) is 0 Å². The zero-order valence-corrected chi connectivity index (χ0v) is 35.2. The van der Waals surface area contributed by atoms with E-state index in [1.54, 1.807) is 11.9 Å². The predicted molar refractivity (Wildman–Crippen MR) is 221 cm³/mol. The molecule has 0 spiro atoms. The van der Waals surface area contributed by atoms with Crippen LogP contribution in [0.5, 0.6) is 6.01 Å². The number of unbranched alkanes of at least 4 members (excludes halogenated alkanes) is 1. The monoisotopic (exact) mass is 835 g/mol. The van der Waals surface area contributed by atoms with Crippen molar-refractivity contribution in [3.8, 4) is 17.3 Å². The number of aromatic nitrogens is 6. The lowest BCUT2D eigenvalue weighted by atomic mass is 9.95. The number of carbonyl (C=O) groups excluding carboxylic acids is 1. The predicted octanol–water partition coefficient (Wildman–Crippen LogP) is 7.38. The summed E-state index contributed by atoms with van der Waals surface area (Å²) in [5.41, 5.74) is 2.83. The molecule has 4 saturated heterocycles. The normalized spacial score (nSPS) is 23.8. The highest BCUT2D eigenvalue weighted by Gasteiger charge is 2.49. The second-order valence-corrected chi connectivity index (χ2v) is 18.1. The number of aliphatic carboxylic acids is 1. The third kappa shape index (κ3) is 8.76. The number of likely N-dealkylation sites (N-methyl/N-ethyl adjacent to an activating group) is 1. The second kappa shape index (κ2) is 16.9. The van der Waals surface area contributed by atoms with Crippen LogP contribution in [0.15, 0.2) is 18.3 Å². The molecular formula is C42H55ClFN9O6. The molecule has 3 aromatic heterocycles. The lowest BCUT2D eigenvalue weighted by molar-refractivity contribution is -0.137. The maximum atomic E-state index is 14.8. The molecule has 1 unspecified atom stereocenters. The first-order chi connectivity index (χ1) is 28.3. The summed E-state index contributed by atoms with van der Waals surface area (Å²) in [7, 11) is 1.76. The van der Waals surface area contributed by atoms with Crippen molar-refractivity contribution in [2.75, 3.05) is 51.3 Å². The summed E-state index contributed by atoms with van der Waals surface area (Å²) < 4.78 is 35.0. The van der Waals surface area contributed by atoms with Gasteiger partial charge < -0.3 is 29.1 Å². The summed E-state index contributed by atoms with van der Waals surface area (Å²) in [4.78, 5) is 40.4. The van der Waals surface area contributed by atoms with E-state index in [4.69, 9.17) is 51.1 Å². The summed E-state index contributed by atoms with van der Waals surface area (Å²) in [6.07, 6.45) is 8.62. The number of alkyl halides is 1. The lowest BCUT2D eigenvalue weighted by Gasteiger charge is -2.38. The minimum absolute atomic E-state index is 0.0559. The fourth-order valence-corrected chi connectivity index (χ4v) is 9.65. The van der Waals surface area contributed by atoms with Gasteiger partial charge in [-0.05, 0) is 109 Å². The topological polar surface area (TPSA) is 161 Å². The van der Waals surface area contributed by atoms with Crippen LogP contribution < -0.4 is 9.64 Å². The first-order valence-corrected chi connectivity index (χ1v) is 21.5. The Balaban J connectivity index is 1.20. The number of ether oxygens (including phenoxy) is 3. The quantitative estimate of drug-likeness (QED) is 0.141. The molecule has 1 aromatic carbocycles. The maximum Gasteiger partial charge on any atom is 0.410 e. The number of fused-ring (bicyclic) bond motifs is 3. The Morgan fingerprint density at radius 2 is 1.93 bits per heavy atom. The average Bonchev–Trinajstić information content (AvgIpc) is 3.89. The lowest BCUT2D eigenvalue weighted by Crippen LogP contribution is -2.50. The molecule has 8 rings (SSSR count). The zero-order chi connectivity index (χ0) is 41.5. The Hall–Kier alpha value is -4.41. The molecule has 4 aliphatic heterocycles. The van der Waals surface area contributed by atoms with Crippen LogP contribution in [0.2, 0.25) is 5.02 Å².